The predicted octanol–water partition coefficient (Wildman–Crippen LogP) is 0.387. The Labute approximate surface area is 113 Å². The van der Waals surface area contributed by atoms with Gasteiger partial charge in [-0.15, -0.1) is 0 Å². The molecule has 4 nitrogen and oxygen atoms in total. The summed E-state index contributed by atoms with van der Waals surface area (Å²) in [6, 6.07) is 9.09. The van der Waals surface area contributed by atoms with Crippen molar-refractivity contribution >= 4 is 17.5 Å². The number of nitrogens with one attached hydrogen (secondary N) is 1. The van der Waals surface area contributed by atoms with E-state index in [0.29, 0.717) is 12.1 Å². The average Bonchev–Trinajstić information content (AvgIpc) is 2.76. The third kappa shape index (κ3) is 2.28. The van der Waals surface area contributed by atoms with Crippen LogP contribution in [0.15, 0.2) is 30.3 Å². The van der Waals surface area contributed by atoms with Gasteiger partial charge in [0.25, 0.3) is 5.91 Å². The Hall–Kier alpha value is -1.68. The summed E-state index contributed by atoms with van der Waals surface area (Å²) in [5, 5.41) is 0. The average molecular weight is 259 g/mol. The van der Waals surface area contributed by atoms with Gasteiger partial charge in [0.1, 0.15) is 0 Å². The summed E-state index contributed by atoms with van der Waals surface area (Å²) >= 11 is 0. The number of para-hydroxylation sites is 1. The molecule has 0 aromatic heterocycles. The van der Waals surface area contributed by atoms with Gasteiger partial charge < -0.3 is 4.90 Å². The van der Waals surface area contributed by atoms with Gasteiger partial charge >= 0.3 is 0 Å². The van der Waals surface area contributed by atoms with E-state index in [-0.39, 0.29) is 17.9 Å². The lowest BCUT2D eigenvalue weighted by molar-refractivity contribution is -0.919. The fraction of sp³-hybridized carbons (Fsp3) is 0.467. The molecule has 0 aliphatic carbocycles. The Morgan fingerprint density at radius 3 is 2.37 bits per heavy atom. The smallest absolute Gasteiger partial charge is 0.292 e. The first kappa shape index (κ1) is 12.4. The van der Waals surface area contributed by atoms with E-state index in [1.165, 1.54) is 29.1 Å². The number of hydrogen-bond acceptors (Lipinski definition) is 2. The lowest BCUT2D eigenvalue weighted by Crippen LogP contribution is -3.17. The summed E-state index contributed by atoms with van der Waals surface area (Å²) < 4.78 is 0. The SMILES string of the molecule is O=C1C[C@H]([NH+]2CCCCC2)C(=O)N1c1ccccc1. The number of carbonyl (C=O) groups excluding carboxylic acids is 2. The van der Waals surface area contributed by atoms with Crippen LogP contribution in [0.25, 0.3) is 0 Å². The first-order valence-corrected chi connectivity index (χ1v) is 7.04. The maximum Gasteiger partial charge on any atom is 0.292 e. The molecule has 2 aliphatic rings. The van der Waals surface area contributed by atoms with Gasteiger partial charge in [-0.25, -0.2) is 4.90 Å². The predicted molar refractivity (Wildman–Crippen MR) is 71.9 cm³/mol. The molecule has 0 unspecified atom stereocenters. The molecule has 0 bridgehead atoms. The van der Waals surface area contributed by atoms with Crippen LogP contribution in [0.5, 0.6) is 0 Å². The van der Waals surface area contributed by atoms with Crippen molar-refractivity contribution in [1.29, 1.82) is 0 Å². The highest BCUT2D eigenvalue weighted by atomic mass is 16.2. The molecule has 1 atom stereocenters. The van der Waals surface area contributed by atoms with E-state index in [1.54, 1.807) is 0 Å². The highest BCUT2D eigenvalue weighted by Crippen LogP contribution is 2.21. The number of benzene rings is 1. The number of quaternary nitrogens is 1. The van der Waals surface area contributed by atoms with Crippen LogP contribution in [0.4, 0.5) is 5.69 Å². The maximum atomic E-state index is 12.5. The second kappa shape index (κ2) is 5.13. The van der Waals surface area contributed by atoms with Crippen molar-refractivity contribution in [2.24, 2.45) is 0 Å². The first-order valence-electron chi connectivity index (χ1n) is 7.04. The highest BCUT2D eigenvalue weighted by molar-refractivity contribution is 6.21. The number of hydrogen-bond donors (Lipinski definition) is 1. The molecule has 2 heterocycles. The Bertz CT molecular complexity index is 480. The number of anilines is 1. The minimum Gasteiger partial charge on any atom is -0.324 e. The van der Waals surface area contributed by atoms with Crippen LogP contribution >= 0.6 is 0 Å². The molecule has 2 saturated heterocycles. The minimum atomic E-state index is -0.159. The maximum absolute atomic E-state index is 12.5. The topological polar surface area (TPSA) is 41.8 Å². The summed E-state index contributed by atoms with van der Waals surface area (Å²) in [6.45, 7) is 2.04. The van der Waals surface area contributed by atoms with Gasteiger partial charge in [-0.2, -0.15) is 0 Å². The van der Waals surface area contributed by atoms with E-state index >= 15 is 0 Å². The van der Waals surface area contributed by atoms with Crippen molar-refractivity contribution in [2.75, 3.05) is 18.0 Å². The van der Waals surface area contributed by atoms with E-state index < -0.39 is 0 Å². The zero-order valence-corrected chi connectivity index (χ0v) is 11.0. The number of piperidine rings is 1. The molecule has 2 fully saturated rings. The molecule has 4 heteroatoms. The Morgan fingerprint density at radius 1 is 1.00 bits per heavy atom. The van der Waals surface area contributed by atoms with E-state index in [1.807, 2.05) is 30.3 Å². The molecule has 1 aromatic carbocycles. The van der Waals surface area contributed by atoms with Crippen molar-refractivity contribution in [3.8, 4) is 0 Å². The summed E-state index contributed by atoms with van der Waals surface area (Å²) in [7, 11) is 0. The molecule has 2 aliphatic heterocycles. The molecule has 3 rings (SSSR count). The van der Waals surface area contributed by atoms with Crippen LogP contribution in [0.2, 0.25) is 0 Å². The highest BCUT2D eigenvalue weighted by Gasteiger charge is 2.45. The summed E-state index contributed by atoms with van der Waals surface area (Å²) in [4.78, 5) is 27.3. The third-order valence-corrected chi connectivity index (χ3v) is 4.15. The molecular weight excluding hydrogens is 240 g/mol. The van der Waals surface area contributed by atoms with Gasteiger partial charge in [0.15, 0.2) is 6.04 Å². The van der Waals surface area contributed by atoms with Gasteiger partial charge in [0, 0.05) is 0 Å². The van der Waals surface area contributed by atoms with E-state index in [2.05, 4.69) is 0 Å². The Morgan fingerprint density at radius 2 is 1.68 bits per heavy atom. The number of imide groups is 1. The normalized spacial score (nSPS) is 25.1. The number of carbonyl (C=O) groups is 2. The van der Waals surface area contributed by atoms with Gasteiger partial charge in [-0.05, 0) is 31.4 Å². The van der Waals surface area contributed by atoms with E-state index in [0.717, 1.165) is 13.1 Å². The lowest BCUT2D eigenvalue weighted by atomic mass is 10.1. The first-order chi connectivity index (χ1) is 9.27. The van der Waals surface area contributed by atoms with Crippen LogP contribution in [0, 0.1) is 0 Å². The summed E-state index contributed by atoms with van der Waals surface area (Å²) in [5.74, 6) is -0.0765. The minimum absolute atomic E-state index is 0.0203. The molecule has 0 radical (unpaired) electrons. The van der Waals surface area contributed by atoms with Crippen LogP contribution in [0.1, 0.15) is 25.7 Å². The van der Waals surface area contributed by atoms with Crippen LogP contribution in [0.3, 0.4) is 0 Å². The van der Waals surface area contributed by atoms with Crippen molar-refractivity contribution < 1.29 is 14.5 Å². The fourth-order valence-corrected chi connectivity index (χ4v) is 3.15. The molecule has 0 saturated carbocycles. The van der Waals surface area contributed by atoms with Crippen molar-refractivity contribution in [3.63, 3.8) is 0 Å². The standard InChI is InChI=1S/C15H18N2O2/c18-14-11-13(16-9-5-2-6-10-16)15(19)17(14)12-7-3-1-4-8-12/h1,3-4,7-8,13H,2,5-6,9-11H2/p+1/t13-/m0/s1. The van der Waals surface area contributed by atoms with Crippen molar-refractivity contribution in [1.82, 2.24) is 0 Å². The van der Waals surface area contributed by atoms with E-state index in [4.69, 9.17) is 0 Å². The molecule has 2 amide bonds. The fourth-order valence-electron chi connectivity index (χ4n) is 3.15. The third-order valence-electron chi connectivity index (χ3n) is 4.15. The number of amides is 2. The molecule has 1 N–H and O–H groups in total. The molecule has 0 spiro atoms. The summed E-state index contributed by atoms with van der Waals surface area (Å²) in [6.07, 6.45) is 3.95. The monoisotopic (exact) mass is 259 g/mol. The van der Waals surface area contributed by atoms with Gasteiger partial charge in [-0.3, -0.25) is 9.59 Å². The molecule has 19 heavy (non-hydrogen) atoms. The van der Waals surface area contributed by atoms with Gasteiger partial charge in [0.2, 0.25) is 5.91 Å². The second-order valence-corrected chi connectivity index (χ2v) is 5.38. The van der Waals surface area contributed by atoms with Crippen molar-refractivity contribution in [3.05, 3.63) is 30.3 Å². The van der Waals surface area contributed by atoms with Crippen LogP contribution in [-0.2, 0) is 9.59 Å². The lowest BCUT2D eigenvalue weighted by Gasteiger charge is -2.27. The molecular formula is C15H19N2O2+. The van der Waals surface area contributed by atoms with Crippen molar-refractivity contribution in [2.45, 2.75) is 31.7 Å². The largest absolute Gasteiger partial charge is 0.324 e. The Balaban J connectivity index is 1.81. The van der Waals surface area contributed by atoms with Crippen LogP contribution in [-0.4, -0.2) is 30.9 Å². The van der Waals surface area contributed by atoms with E-state index in [9.17, 15) is 9.59 Å². The molecule has 100 valence electrons. The number of rotatable bonds is 2. The second-order valence-electron chi connectivity index (χ2n) is 5.38. The number of likely N-dealkylation sites (tertiary alicyclic amines) is 1. The quantitative estimate of drug-likeness (QED) is 0.781. The van der Waals surface area contributed by atoms with Gasteiger partial charge in [0.05, 0.1) is 25.2 Å². The summed E-state index contributed by atoms with van der Waals surface area (Å²) in [5.41, 5.74) is 0.705. The van der Waals surface area contributed by atoms with Crippen LogP contribution < -0.4 is 9.80 Å². The Kier molecular flexibility index (Phi) is 3.34. The zero-order valence-electron chi connectivity index (χ0n) is 11.0. The zero-order chi connectivity index (χ0) is 13.2. The van der Waals surface area contributed by atoms with Gasteiger partial charge in [-0.1, -0.05) is 18.2 Å². The number of nitrogens with zero attached hydrogens (tertiary/aromatic N) is 1. The molecule has 1 aromatic rings.